The minimum atomic E-state index is -0.501. The van der Waals surface area contributed by atoms with E-state index in [0.29, 0.717) is 54.1 Å². The quantitative estimate of drug-likeness (QED) is 0.640. The maximum atomic E-state index is 13.3. The van der Waals surface area contributed by atoms with E-state index >= 15 is 0 Å². The van der Waals surface area contributed by atoms with Gasteiger partial charge in [0.2, 0.25) is 0 Å². The maximum absolute atomic E-state index is 13.3. The molecule has 1 aliphatic heterocycles. The summed E-state index contributed by atoms with van der Waals surface area (Å²) in [4.78, 5) is 40.1. The van der Waals surface area contributed by atoms with Gasteiger partial charge in [-0.25, -0.2) is 4.79 Å². The van der Waals surface area contributed by atoms with Crippen molar-refractivity contribution in [2.75, 3.05) is 14.1 Å². The Morgan fingerprint density at radius 2 is 1.47 bits per heavy atom. The SMILES string of the molecule is CN(C)C(=O)Oc1cccc(C2C3=C(CC(C)(C)CC3=O)OC3=C2C(=O)CC(C)(C)C3)c1. The van der Waals surface area contributed by atoms with Gasteiger partial charge in [-0.05, 0) is 28.5 Å². The van der Waals surface area contributed by atoms with Crippen molar-refractivity contribution in [1.82, 2.24) is 4.90 Å². The van der Waals surface area contributed by atoms with E-state index in [0.717, 1.165) is 5.56 Å². The van der Waals surface area contributed by atoms with E-state index in [1.807, 2.05) is 6.07 Å². The van der Waals surface area contributed by atoms with Gasteiger partial charge in [0, 0.05) is 56.8 Å². The van der Waals surface area contributed by atoms with Crippen LogP contribution in [0.2, 0.25) is 0 Å². The summed E-state index contributed by atoms with van der Waals surface area (Å²) in [5.41, 5.74) is 1.52. The van der Waals surface area contributed by atoms with E-state index in [1.165, 1.54) is 4.90 Å². The van der Waals surface area contributed by atoms with Crippen molar-refractivity contribution in [2.45, 2.75) is 59.3 Å². The number of ketones is 2. The van der Waals surface area contributed by atoms with Crippen LogP contribution in [-0.4, -0.2) is 36.7 Å². The molecule has 0 radical (unpaired) electrons. The number of ether oxygens (including phenoxy) is 2. The van der Waals surface area contributed by atoms with Gasteiger partial charge in [0.25, 0.3) is 0 Å². The number of carbonyl (C=O) groups is 3. The number of nitrogens with zero attached hydrogens (tertiary/aromatic N) is 1. The molecule has 32 heavy (non-hydrogen) atoms. The summed E-state index contributed by atoms with van der Waals surface area (Å²) in [6.07, 6.45) is 1.61. The predicted octanol–water partition coefficient (Wildman–Crippen LogP) is 5.15. The first-order valence-electron chi connectivity index (χ1n) is 11.1. The van der Waals surface area contributed by atoms with Crippen LogP contribution in [-0.2, 0) is 14.3 Å². The Morgan fingerprint density at radius 1 is 0.938 bits per heavy atom. The Balaban J connectivity index is 1.84. The molecule has 1 aromatic rings. The third-order valence-electron chi connectivity index (χ3n) is 6.34. The molecule has 0 fully saturated rings. The molecule has 1 heterocycles. The van der Waals surface area contributed by atoms with Crippen LogP contribution in [0.25, 0.3) is 0 Å². The van der Waals surface area contributed by atoms with Gasteiger partial charge < -0.3 is 14.4 Å². The van der Waals surface area contributed by atoms with E-state index in [-0.39, 0.29) is 22.4 Å². The van der Waals surface area contributed by atoms with Gasteiger partial charge in [0.05, 0.1) is 0 Å². The third kappa shape index (κ3) is 4.10. The second-order valence-electron chi connectivity index (χ2n) is 10.9. The summed E-state index contributed by atoms with van der Waals surface area (Å²) in [6, 6.07) is 7.13. The van der Waals surface area contributed by atoms with E-state index in [9.17, 15) is 14.4 Å². The van der Waals surface area contributed by atoms with Crippen molar-refractivity contribution in [3.05, 3.63) is 52.5 Å². The lowest BCUT2D eigenvalue weighted by Crippen LogP contribution is -2.37. The van der Waals surface area contributed by atoms with Crippen LogP contribution in [0.4, 0.5) is 4.79 Å². The Hall–Kier alpha value is -2.89. The number of hydrogen-bond acceptors (Lipinski definition) is 5. The molecule has 0 saturated heterocycles. The molecular weight excluding hydrogens is 406 g/mol. The average Bonchev–Trinajstić information content (AvgIpc) is 2.64. The molecule has 6 nitrogen and oxygen atoms in total. The van der Waals surface area contributed by atoms with E-state index in [2.05, 4.69) is 27.7 Å². The molecule has 0 unspecified atom stereocenters. The van der Waals surface area contributed by atoms with Crippen LogP contribution in [0.1, 0.15) is 64.9 Å². The fourth-order valence-corrected chi connectivity index (χ4v) is 4.96. The normalized spacial score (nSPS) is 22.2. The number of amides is 1. The zero-order valence-electron chi connectivity index (χ0n) is 19.7. The largest absolute Gasteiger partial charge is 0.465 e. The van der Waals surface area contributed by atoms with Crippen molar-refractivity contribution < 1.29 is 23.9 Å². The molecule has 4 rings (SSSR count). The smallest absolute Gasteiger partial charge is 0.414 e. The minimum absolute atomic E-state index is 0.0149. The molecule has 0 saturated carbocycles. The Kier molecular flexibility index (Phi) is 5.30. The highest BCUT2D eigenvalue weighted by molar-refractivity contribution is 6.06. The highest BCUT2D eigenvalue weighted by Gasteiger charge is 2.47. The monoisotopic (exact) mass is 437 g/mol. The molecular formula is C26H31NO5. The molecule has 0 aromatic heterocycles. The van der Waals surface area contributed by atoms with E-state index in [4.69, 9.17) is 9.47 Å². The molecule has 1 amide bonds. The summed E-state index contributed by atoms with van der Waals surface area (Å²) in [6.45, 7) is 8.25. The zero-order valence-corrected chi connectivity index (χ0v) is 19.7. The number of Topliss-reactive ketones (excluding diaryl/α,β-unsaturated/α-hetero) is 2. The van der Waals surface area contributed by atoms with Crippen LogP contribution in [0.5, 0.6) is 5.75 Å². The second-order valence-corrected chi connectivity index (χ2v) is 10.9. The first kappa shape index (κ1) is 22.3. The highest BCUT2D eigenvalue weighted by atomic mass is 16.6. The number of hydrogen-bond donors (Lipinski definition) is 0. The van der Waals surface area contributed by atoms with Crippen LogP contribution in [0.3, 0.4) is 0 Å². The third-order valence-corrected chi connectivity index (χ3v) is 6.34. The molecule has 0 spiro atoms. The topological polar surface area (TPSA) is 72.9 Å². The Bertz CT molecular complexity index is 1020. The molecule has 1 aromatic carbocycles. The molecule has 0 bridgehead atoms. The highest BCUT2D eigenvalue weighted by Crippen LogP contribution is 2.53. The van der Waals surface area contributed by atoms with Crippen molar-refractivity contribution >= 4 is 17.7 Å². The average molecular weight is 438 g/mol. The Morgan fingerprint density at radius 3 is 1.97 bits per heavy atom. The fraction of sp³-hybridized carbons (Fsp3) is 0.500. The molecule has 6 heteroatoms. The van der Waals surface area contributed by atoms with Crippen LogP contribution < -0.4 is 4.74 Å². The first-order valence-corrected chi connectivity index (χ1v) is 11.1. The predicted molar refractivity (Wildman–Crippen MR) is 120 cm³/mol. The molecule has 0 atom stereocenters. The summed E-state index contributed by atoms with van der Waals surface area (Å²) in [5.74, 6) is 1.26. The zero-order chi connectivity index (χ0) is 23.4. The summed E-state index contributed by atoms with van der Waals surface area (Å²) in [5, 5.41) is 0. The fourth-order valence-electron chi connectivity index (χ4n) is 4.96. The van der Waals surface area contributed by atoms with E-state index < -0.39 is 12.0 Å². The lowest BCUT2D eigenvalue weighted by molar-refractivity contribution is -0.120. The van der Waals surface area contributed by atoms with Gasteiger partial charge >= 0.3 is 6.09 Å². The van der Waals surface area contributed by atoms with Crippen LogP contribution >= 0.6 is 0 Å². The lowest BCUT2D eigenvalue weighted by Gasteiger charge is -2.42. The standard InChI is InChI=1S/C26H31NO5/c1-25(2)11-17(28)22-19(13-25)32-20-14-26(3,4)12-18(29)23(20)21(22)15-8-7-9-16(10-15)31-24(30)27(5)6/h7-10,21H,11-14H2,1-6H3. The summed E-state index contributed by atoms with van der Waals surface area (Å²) in [7, 11) is 3.23. The second kappa shape index (κ2) is 7.61. The summed E-state index contributed by atoms with van der Waals surface area (Å²) < 4.78 is 11.8. The number of rotatable bonds is 2. The number of allylic oxidation sites excluding steroid dienone is 4. The van der Waals surface area contributed by atoms with Crippen molar-refractivity contribution in [1.29, 1.82) is 0 Å². The van der Waals surface area contributed by atoms with Crippen molar-refractivity contribution in [3.63, 3.8) is 0 Å². The van der Waals surface area contributed by atoms with Crippen LogP contribution in [0, 0.1) is 10.8 Å². The number of benzene rings is 1. The molecule has 0 N–H and O–H groups in total. The summed E-state index contributed by atoms with van der Waals surface area (Å²) >= 11 is 0. The van der Waals surface area contributed by atoms with Gasteiger partial charge in [-0.15, -0.1) is 0 Å². The number of carbonyl (C=O) groups excluding carboxylic acids is 3. The minimum Gasteiger partial charge on any atom is -0.465 e. The van der Waals surface area contributed by atoms with Gasteiger partial charge in [-0.3, -0.25) is 9.59 Å². The Labute approximate surface area is 189 Å². The van der Waals surface area contributed by atoms with Gasteiger partial charge in [0.15, 0.2) is 11.6 Å². The molecule has 3 aliphatic rings. The van der Waals surface area contributed by atoms with Crippen molar-refractivity contribution in [2.24, 2.45) is 10.8 Å². The molecule has 170 valence electrons. The lowest BCUT2D eigenvalue weighted by atomic mass is 9.65. The van der Waals surface area contributed by atoms with Crippen molar-refractivity contribution in [3.8, 4) is 5.75 Å². The van der Waals surface area contributed by atoms with Gasteiger partial charge in [0.1, 0.15) is 17.3 Å². The van der Waals surface area contributed by atoms with Gasteiger partial charge in [-0.1, -0.05) is 39.8 Å². The van der Waals surface area contributed by atoms with Gasteiger partial charge in [-0.2, -0.15) is 0 Å². The van der Waals surface area contributed by atoms with Crippen LogP contribution in [0.15, 0.2) is 46.9 Å². The first-order chi connectivity index (χ1) is 14.9. The molecule has 2 aliphatic carbocycles. The van der Waals surface area contributed by atoms with E-state index in [1.54, 1.807) is 32.3 Å². The maximum Gasteiger partial charge on any atom is 0.414 e.